The van der Waals surface area contributed by atoms with Gasteiger partial charge in [-0.05, 0) is 30.5 Å². The second-order valence-electron chi connectivity index (χ2n) is 6.71. The number of nitrogens with zero attached hydrogens (tertiary/aromatic N) is 2. The maximum Gasteiger partial charge on any atom is 0.324 e. The number of likely N-dealkylation sites (N-methyl/N-ethyl adjacent to an activating group) is 1. The Balaban J connectivity index is 1.31. The molecule has 0 atom stereocenters. The number of imide groups is 1. The van der Waals surface area contributed by atoms with Crippen molar-refractivity contribution in [3.05, 3.63) is 23.8 Å². The lowest BCUT2D eigenvalue weighted by atomic mass is 9.87. The number of fused-ring (bicyclic) bond motifs is 1. The smallest absolute Gasteiger partial charge is 0.324 e. The topological polar surface area (TPSA) is 100 Å². The van der Waals surface area contributed by atoms with Crippen LogP contribution < -0.4 is 20.1 Å². The molecule has 1 spiro atoms. The number of urea groups is 2. The van der Waals surface area contributed by atoms with E-state index in [0.717, 1.165) is 10.5 Å². The second-order valence-corrected chi connectivity index (χ2v) is 6.71. The Morgan fingerprint density at radius 3 is 2.65 bits per heavy atom. The highest BCUT2D eigenvalue weighted by atomic mass is 16.7. The predicted molar refractivity (Wildman–Crippen MR) is 89.6 cm³/mol. The van der Waals surface area contributed by atoms with Gasteiger partial charge in [0.2, 0.25) is 6.79 Å². The lowest BCUT2D eigenvalue weighted by Gasteiger charge is -2.37. The summed E-state index contributed by atoms with van der Waals surface area (Å²) >= 11 is 0. The van der Waals surface area contributed by atoms with E-state index in [1.807, 2.05) is 18.2 Å². The summed E-state index contributed by atoms with van der Waals surface area (Å²) in [6.45, 7) is 1.40. The maximum absolute atomic E-state index is 12.4. The maximum atomic E-state index is 12.4. The van der Waals surface area contributed by atoms with Gasteiger partial charge >= 0.3 is 12.1 Å². The van der Waals surface area contributed by atoms with Crippen LogP contribution in [-0.2, 0) is 11.3 Å². The van der Waals surface area contributed by atoms with Crippen molar-refractivity contribution in [3.63, 3.8) is 0 Å². The molecule has 2 saturated heterocycles. The number of benzene rings is 1. The molecule has 0 aliphatic carbocycles. The fraction of sp³-hybridized carbons (Fsp3) is 0.471. The molecule has 2 fully saturated rings. The van der Waals surface area contributed by atoms with Gasteiger partial charge in [-0.3, -0.25) is 9.69 Å². The Bertz CT molecular complexity index is 772. The SMILES string of the molecule is CN1C(=O)NC2(CCN(C(=O)NCc3ccc4c(c3)OCO4)CC2)C1=O. The van der Waals surface area contributed by atoms with Crippen LogP contribution in [0, 0.1) is 0 Å². The summed E-state index contributed by atoms with van der Waals surface area (Å²) in [5, 5.41) is 5.64. The van der Waals surface area contributed by atoms with Gasteiger partial charge in [0.25, 0.3) is 5.91 Å². The summed E-state index contributed by atoms with van der Waals surface area (Å²) in [5.41, 5.74) is 0.0517. The molecular weight excluding hydrogens is 340 g/mol. The molecule has 1 aromatic rings. The summed E-state index contributed by atoms with van der Waals surface area (Å²) in [4.78, 5) is 39.1. The van der Waals surface area contributed by atoms with Crippen molar-refractivity contribution in [2.24, 2.45) is 0 Å². The number of rotatable bonds is 2. The zero-order chi connectivity index (χ0) is 18.3. The first-order valence-corrected chi connectivity index (χ1v) is 8.50. The summed E-state index contributed by atoms with van der Waals surface area (Å²) in [6.07, 6.45) is 0.832. The number of likely N-dealkylation sites (tertiary alicyclic amines) is 1. The van der Waals surface area contributed by atoms with Crippen molar-refractivity contribution in [1.82, 2.24) is 20.4 Å². The van der Waals surface area contributed by atoms with Gasteiger partial charge in [0.1, 0.15) is 5.54 Å². The number of carbonyl (C=O) groups is 3. The van der Waals surface area contributed by atoms with Crippen molar-refractivity contribution in [2.45, 2.75) is 24.9 Å². The van der Waals surface area contributed by atoms with Crippen molar-refractivity contribution in [1.29, 1.82) is 0 Å². The van der Waals surface area contributed by atoms with Crippen LogP contribution in [0.2, 0.25) is 0 Å². The van der Waals surface area contributed by atoms with E-state index in [1.54, 1.807) is 4.90 Å². The van der Waals surface area contributed by atoms with Crippen LogP contribution in [0.3, 0.4) is 0 Å². The van der Waals surface area contributed by atoms with E-state index in [1.165, 1.54) is 7.05 Å². The molecule has 0 radical (unpaired) electrons. The van der Waals surface area contributed by atoms with Crippen molar-refractivity contribution >= 4 is 18.0 Å². The Labute approximate surface area is 150 Å². The van der Waals surface area contributed by atoms with Gasteiger partial charge in [0.05, 0.1) is 0 Å². The molecule has 0 unspecified atom stereocenters. The van der Waals surface area contributed by atoms with E-state index < -0.39 is 5.54 Å². The molecule has 9 nitrogen and oxygen atoms in total. The quantitative estimate of drug-likeness (QED) is 0.754. The lowest BCUT2D eigenvalue weighted by Crippen LogP contribution is -2.57. The fourth-order valence-electron chi connectivity index (χ4n) is 3.53. The number of hydrogen-bond acceptors (Lipinski definition) is 5. The van der Waals surface area contributed by atoms with Gasteiger partial charge < -0.3 is 25.0 Å². The van der Waals surface area contributed by atoms with E-state index >= 15 is 0 Å². The molecule has 26 heavy (non-hydrogen) atoms. The molecule has 0 bridgehead atoms. The molecule has 3 aliphatic heterocycles. The normalized spacial score (nSPS) is 20.5. The highest BCUT2D eigenvalue weighted by molar-refractivity contribution is 6.06. The summed E-state index contributed by atoms with van der Waals surface area (Å²) in [6, 6.07) is 4.97. The molecule has 4 rings (SSSR count). The lowest BCUT2D eigenvalue weighted by molar-refractivity contribution is -0.131. The Morgan fingerprint density at radius 2 is 1.96 bits per heavy atom. The number of hydrogen-bond donors (Lipinski definition) is 2. The van der Waals surface area contributed by atoms with Crippen LogP contribution in [0.25, 0.3) is 0 Å². The monoisotopic (exact) mass is 360 g/mol. The Kier molecular flexibility index (Phi) is 3.86. The summed E-state index contributed by atoms with van der Waals surface area (Å²) in [5.74, 6) is 1.16. The van der Waals surface area contributed by atoms with Gasteiger partial charge in [-0.2, -0.15) is 0 Å². The van der Waals surface area contributed by atoms with Crippen molar-refractivity contribution in [3.8, 4) is 11.5 Å². The van der Waals surface area contributed by atoms with E-state index in [9.17, 15) is 14.4 Å². The standard InChI is InChI=1S/C17H20N4O5/c1-20-14(22)17(19-16(20)24)4-6-21(7-5-17)15(23)18-9-11-2-3-12-13(8-11)26-10-25-12/h2-3,8H,4-7,9-10H2,1H3,(H,18,23)(H,19,24). The van der Waals surface area contributed by atoms with Gasteiger partial charge in [-0.1, -0.05) is 6.07 Å². The third-order valence-electron chi connectivity index (χ3n) is 5.15. The predicted octanol–water partition coefficient (Wildman–Crippen LogP) is 0.641. The minimum Gasteiger partial charge on any atom is -0.454 e. The van der Waals surface area contributed by atoms with Crippen LogP contribution in [0.1, 0.15) is 18.4 Å². The highest BCUT2D eigenvalue weighted by Gasteiger charge is 2.51. The largest absolute Gasteiger partial charge is 0.454 e. The van der Waals surface area contributed by atoms with Crippen LogP contribution in [-0.4, -0.2) is 60.2 Å². The third kappa shape index (κ3) is 2.69. The molecule has 5 amide bonds. The first-order chi connectivity index (χ1) is 12.5. The van der Waals surface area contributed by atoms with E-state index in [0.29, 0.717) is 44.0 Å². The zero-order valence-corrected chi connectivity index (χ0v) is 14.4. The second kappa shape index (κ2) is 6.08. The van der Waals surface area contributed by atoms with Crippen LogP contribution in [0.4, 0.5) is 9.59 Å². The molecule has 3 aliphatic rings. The molecule has 2 N–H and O–H groups in total. The minimum atomic E-state index is -0.861. The first-order valence-electron chi connectivity index (χ1n) is 8.50. The van der Waals surface area contributed by atoms with Crippen LogP contribution in [0.5, 0.6) is 11.5 Å². The molecular formula is C17H20N4O5. The average Bonchev–Trinajstić information content (AvgIpc) is 3.19. The third-order valence-corrected chi connectivity index (χ3v) is 5.15. The Hall–Kier alpha value is -2.97. The fourth-order valence-corrected chi connectivity index (χ4v) is 3.53. The molecule has 9 heteroatoms. The van der Waals surface area contributed by atoms with Gasteiger partial charge in [0, 0.05) is 26.7 Å². The minimum absolute atomic E-state index is 0.192. The van der Waals surface area contributed by atoms with Crippen molar-refractivity contribution in [2.75, 3.05) is 26.9 Å². The number of carbonyl (C=O) groups excluding carboxylic acids is 3. The van der Waals surface area contributed by atoms with Crippen LogP contribution >= 0.6 is 0 Å². The van der Waals surface area contributed by atoms with Crippen molar-refractivity contribution < 1.29 is 23.9 Å². The number of piperidine rings is 1. The molecule has 138 valence electrons. The van der Waals surface area contributed by atoms with E-state index in [-0.39, 0.29) is 24.8 Å². The van der Waals surface area contributed by atoms with E-state index in [4.69, 9.17) is 9.47 Å². The molecule has 1 aromatic carbocycles. The first kappa shape index (κ1) is 16.5. The van der Waals surface area contributed by atoms with Crippen LogP contribution in [0.15, 0.2) is 18.2 Å². The number of amides is 5. The molecule has 3 heterocycles. The van der Waals surface area contributed by atoms with Gasteiger partial charge in [-0.15, -0.1) is 0 Å². The van der Waals surface area contributed by atoms with E-state index in [2.05, 4.69) is 10.6 Å². The zero-order valence-electron chi connectivity index (χ0n) is 14.4. The summed E-state index contributed by atoms with van der Waals surface area (Å²) < 4.78 is 10.6. The van der Waals surface area contributed by atoms with Gasteiger partial charge in [0.15, 0.2) is 11.5 Å². The summed E-state index contributed by atoms with van der Waals surface area (Å²) in [7, 11) is 1.47. The highest BCUT2D eigenvalue weighted by Crippen LogP contribution is 2.32. The average molecular weight is 360 g/mol. The number of ether oxygens (including phenoxy) is 2. The molecule has 0 saturated carbocycles. The van der Waals surface area contributed by atoms with Gasteiger partial charge in [-0.25, -0.2) is 9.59 Å². The number of nitrogens with one attached hydrogen (secondary N) is 2. The molecule has 0 aromatic heterocycles. The Morgan fingerprint density at radius 1 is 1.23 bits per heavy atom.